The lowest BCUT2D eigenvalue weighted by Gasteiger charge is -2.07. The van der Waals surface area contributed by atoms with Crippen molar-refractivity contribution < 1.29 is 9.59 Å². The van der Waals surface area contributed by atoms with Gasteiger partial charge in [0.15, 0.2) is 5.78 Å². The van der Waals surface area contributed by atoms with Crippen LogP contribution in [0.15, 0.2) is 42.5 Å². The topological polar surface area (TPSA) is 46.2 Å². The first-order valence-electron chi connectivity index (χ1n) is 6.88. The van der Waals surface area contributed by atoms with Crippen LogP contribution in [0.2, 0.25) is 10.0 Å². The molecule has 0 aromatic heterocycles. The number of hydrogen-bond donors (Lipinski definition) is 1. The Morgan fingerprint density at radius 1 is 1.09 bits per heavy atom. The molecule has 0 heterocycles. The first-order chi connectivity index (χ1) is 11.0. The summed E-state index contributed by atoms with van der Waals surface area (Å²) in [4.78, 5) is 23.1. The Morgan fingerprint density at radius 2 is 1.78 bits per heavy atom. The molecule has 1 N–H and O–H groups in total. The highest BCUT2D eigenvalue weighted by Gasteiger charge is 2.06. The van der Waals surface area contributed by atoms with Crippen LogP contribution >= 0.6 is 35.0 Å². The van der Waals surface area contributed by atoms with Crippen LogP contribution in [0.4, 0.5) is 5.69 Å². The number of rotatable bonds is 6. The van der Waals surface area contributed by atoms with E-state index in [1.54, 1.807) is 36.4 Å². The smallest absolute Gasteiger partial charge is 0.234 e. The van der Waals surface area contributed by atoms with E-state index in [2.05, 4.69) is 5.32 Å². The van der Waals surface area contributed by atoms with Crippen LogP contribution in [-0.4, -0.2) is 17.4 Å². The molecule has 1 amide bonds. The van der Waals surface area contributed by atoms with E-state index in [0.29, 0.717) is 32.8 Å². The van der Waals surface area contributed by atoms with E-state index in [4.69, 9.17) is 23.2 Å². The number of carbonyl (C=O) groups excluding carboxylic acids is 2. The molecule has 0 aliphatic heterocycles. The van der Waals surface area contributed by atoms with Gasteiger partial charge in [0.1, 0.15) is 0 Å². The van der Waals surface area contributed by atoms with E-state index in [0.717, 1.165) is 5.56 Å². The average molecular weight is 368 g/mol. The summed E-state index contributed by atoms with van der Waals surface area (Å²) in [6.07, 6.45) is 0. The standard InChI is InChI=1S/C17H15Cl2NO2S/c1-11(21)12-3-6-15(7-4-12)20-17(22)10-23-9-13-2-5-14(18)8-16(13)19/h2-8H,9-10H2,1H3,(H,20,22). The average Bonchev–Trinajstić information content (AvgIpc) is 2.50. The molecule has 23 heavy (non-hydrogen) atoms. The Labute approximate surface area is 149 Å². The molecule has 120 valence electrons. The second kappa shape index (κ2) is 8.39. The van der Waals surface area contributed by atoms with Crippen LogP contribution in [0.25, 0.3) is 0 Å². The number of Topliss-reactive ketones (excluding diaryl/α,β-unsaturated/α-hetero) is 1. The number of amides is 1. The van der Waals surface area contributed by atoms with Gasteiger partial charge in [0.2, 0.25) is 5.91 Å². The number of halogens is 2. The molecule has 0 aliphatic carbocycles. The normalized spacial score (nSPS) is 10.4. The minimum atomic E-state index is -0.101. The van der Waals surface area contributed by atoms with Gasteiger partial charge in [-0.2, -0.15) is 0 Å². The zero-order valence-corrected chi connectivity index (χ0v) is 14.8. The summed E-state index contributed by atoms with van der Waals surface area (Å²) in [5.74, 6) is 0.842. The van der Waals surface area contributed by atoms with Gasteiger partial charge >= 0.3 is 0 Å². The number of hydrogen-bond acceptors (Lipinski definition) is 3. The van der Waals surface area contributed by atoms with Crippen LogP contribution < -0.4 is 5.32 Å². The molecule has 2 rings (SSSR count). The zero-order chi connectivity index (χ0) is 16.8. The highest BCUT2D eigenvalue weighted by atomic mass is 35.5. The van der Waals surface area contributed by atoms with Crippen molar-refractivity contribution in [3.05, 3.63) is 63.6 Å². The predicted molar refractivity (Wildman–Crippen MR) is 97.7 cm³/mol. The summed E-state index contributed by atoms with van der Waals surface area (Å²) in [6.45, 7) is 1.51. The fraction of sp³-hybridized carbons (Fsp3) is 0.176. The Kier molecular flexibility index (Phi) is 6.51. The van der Waals surface area contributed by atoms with Crippen LogP contribution in [0.5, 0.6) is 0 Å². The van der Waals surface area contributed by atoms with Crippen molar-refractivity contribution in [3.63, 3.8) is 0 Å². The van der Waals surface area contributed by atoms with E-state index in [1.165, 1.54) is 18.7 Å². The van der Waals surface area contributed by atoms with Gasteiger partial charge in [-0.1, -0.05) is 29.3 Å². The predicted octanol–water partition coefficient (Wildman–Crippen LogP) is 5.07. The third-order valence-corrected chi connectivity index (χ3v) is 4.65. The van der Waals surface area contributed by atoms with Crippen LogP contribution in [0.3, 0.4) is 0 Å². The maximum Gasteiger partial charge on any atom is 0.234 e. The van der Waals surface area contributed by atoms with E-state index in [1.807, 2.05) is 6.07 Å². The molecule has 0 bridgehead atoms. The molecule has 3 nitrogen and oxygen atoms in total. The Morgan fingerprint density at radius 3 is 2.39 bits per heavy atom. The number of thioether (sulfide) groups is 1. The van der Waals surface area contributed by atoms with E-state index in [9.17, 15) is 9.59 Å². The highest BCUT2D eigenvalue weighted by molar-refractivity contribution is 7.99. The molecule has 0 saturated heterocycles. The van der Waals surface area contributed by atoms with Crippen molar-refractivity contribution in [2.24, 2.45) is 0 Å². The number of anilines is 1. The number of ketones is 1. The monoisotopic (exact) mass is 367 g/mol. The van der Waals surface area contributed by atoms with Crippen molar-refractivity contribution in [1.29, 1.82) is 0 Å². The summed E-state index contributed by atoms with van der Waals surface area (Å²) in [5.41, 5.74) is 2.24. The fourth-order valence-corrected chi connectivity index (χ4v) is 3.26. The van der Waals surface area contributed by atoms with Gasteiger partial charge in [-0.15, -0.1) is 11.8 Å². The maximum absolute atomic E-state index is 11.9. The van der Waals surface area contributed by atoms with E-state index in [-0.39, 0.29) is 11.7 Å². The van der Waals surface area contributed by atoms with E-state index < -0.39 is 0 Å². The lowest BCUT2D eigenvalue weighted by molar-refractivity contribution is -0.113. The van der Waals surface area contributed by atoms with Crippen LogP contribution in [0.1, 0.15) is 22.8 Å². The minimum absolute atomic E-state index is 0.00160. The molecule has 2 aromatic rings. The summed E-state index contributed by atoms with van der Waals surface area (Å²) in [7, 11) is 0. The van der Waals surface area contributed by atoms with Crippen molar-refractivity contribution in [3.8, 4) is 0 Å². The molecule has 0 aliphatic rings. The first kappa shape index (κ1) is 17.9. The quantitative estimate of drug-likeness (QED) is 0.725. The van der Waals surface area contributed by atoms with Gasteiger partial charge in [-0.25, -0.2) is 0 Å². The second-order valence-corrected chi connectivity index (χ2v) is 6.74. The third-order valence-electron chi connectivity index (χ3n) is 3.08. The molecule has 6 heteroatoms. The Balaban J connectivity index is 1.82. The highest BCUT2D eigenvalue weighted by Crippen LogP contribution is 2.24. The molecule has 0 fully saturated rings. The number of carbonyl (C=O) groups is 2. The molecule has 0 atom stereocenters. The van der Waals surface area contributed by atoms with Gasteiger partial charge in [0, 0.05) is 27.0 Å². The summed E-state index contributed by atoms with van der Waals surface area (Å²) < 4.78 is 0. The molecule has 0 radical (unpaired) electrons. The summed E-state index contributed by atoms with van der Waals surface area (Å²) >= 11 is 13.4. The van der Waals surface area contributed by atoms with Crippen LogP contribution in [-0.2, 0) is 10.5 Å². The van der Waals surface area contributed by atoms with Gasteiger partial charge in [-0.3, -0.25) is 9.59 Å². The van der Waals surface area contributed by atoms with Gasteiger partial charge in [0.25, 0.3) is 0 Å². The Bertz CT molecular complexity index is 717. The second-order valence-electron chi connectivity index (χ2n) is 4.91. The van der Waals surface area contributed by atoms with Crippen molar-refractivity contribution >= 4 is 52.3 Å². The number of nitrogens with one attached hydrogen (secondary N) is 1. The van der Waals surface area contributed by atoms with Crippen molar-refractivity contribution in [2.75, 3.05) is 11.1 Å². The Hall–Kier alpha value is -1.49. The van der Waals surface area contributed by atoms with Gasteiger partial charge in [-0.05, 0) is 48.9 Å². The minimum Gasteiger partial charge on any atom is -0.325 e. The maximum atomic E-state index is 11.9. The molecule has 2 aromatic carbocycles. The first-order valence-corrected chi connectivity index (χ1v) is 8.79. The molecule has 0 saturated carbocycles. The van der Waals surface area contributed by atoms with Gasteiger partial charge < -0.3 is 5.32 Å². The third kappa shape index (κ3) is 5.57. The number of benzene rings is 2. The van der Waals surface area contributed by atoms with Crippen molar-refractivity contribution in [1.82, 2.24) is 0 Å². The summed E-state index contributed by atoms with van der Waals surface area (Å²) in [6, 6.07) is 12.1. The largest absolute Gasteiger partial charge is 0.325 e. The molecule has 0 unspecified atom stereocenters. The lowest BCUT2D eigenvalue weighted by Crippen LogP contribution is -2.14. The van der Waals surface area contributed by atoms with E-state index >= 15 is 0 Å². The zero-order valence-electron chi connectivity index (χ0n) is 12.4. The molecular weight excluding hydrogens is 353 g/mol. The molecule has 0 spiro atoms. The summed E-state index contributed by atoms with van der Waals surface area (Å²) in [5, 5.41) is 3.99. The fourth-order valence-electron chi connectivity index (χ4n) is 1.88. The lowest BCUT2D eigenvalue weighted by atomic mass is 10.1. The SMILES string of the molecule is CC(=O)c1ccc(NC(=O)CSCc2ccc(Cl)cc2Cl)cc1. The van der Waals surface area contributed by atoms with Gasteiger partial charge in [0.05, 0.1) is 5.75 Å². The van der Waals surface area contributed by atoms with Crippen molar-refractivity contribution in [2.45, 2.75) is 12.7 Å². The van der Waals surface area contributed by atoms with Crippen LogP contribution in [0, 0.1) is 0 Å². The molecular formula is C17H15Cl2NO2S.